The van der Waals surface area contributed by atoms with Crippen molar-refractivity contribution in [2.75, 3.05) is 13.1 Å². The first-order valence-electron chi connectivity index (χ1n) is 8.38. The largest absolute Gasteiger partial charge is 0.480 e. The molecule has 0 radical (unpaired) electrons. The maximum atomic E-state index is 13.0. The number of rotatable bonds is 7. The Hall–Kier alpha value is -2.42. The second-order valence-corrected chi connectivity index (χ2v) is 7.52. The van der Waals surface area contributed by atoms with Crippen molar-refractivity contribution in [3.8, 4) is 0 Å². The lowest BCUT2D eigenvalue weighted by Gasteiger charge is -2.26. The van der Waals surface area contributed by atoms with Crippen LogP contribution in [0.2, 0.25) is 0 Å². The van der Waals surface area contributed by atoms with Gasteiger partial charge < -0.3 is 15.3 Å². The first-order valence-corrected chi connectivity index (χ1v) is 9.19. The molecule has 142 valence electrons. The van der Waals surface area contributed by atoms with Crippen LogP contribution in [0.5, 0.6) is 0 Å². The molecule has 0 aliphatic heterocycles. The molecule has 8 nitrogen and oxygen atoms in total. The summed E-state index contributed by atoms with van der Waals surface area (Å²) < 4.78 is 1.74. The summed E-state index contributed by atoms with van der Waals surface area (Å²) in [7, 11) is 1.83. The van der Waals surface area contributed by atoms with Gasteiger partial charge in [-0.3, -0.25) is 14.3 Å². The number of hydrogen-bond acceptors (Lipinski definition) is 5. The topological polar surface area (TPSA) is 105 Å². The molecule has 0 spiro atoms. The molecule has 1 unspecified atom stereocenters. The van der Waals surface area contributed by atoms with Gasteiger partial charge in [0.1, 0.15) is 10.9 Å². The number of aromatic nitrogens is 2. The fourth-order valence-corrected chi connectivity index (χ4v) is 3.73. The van der Waals surface area contributed by atoms with Crippen LogP contribution in [0, 0.1) is 0 Å². The van der Waals surface area contributed by atoms with E-state index in [0.717, 1.165) is 15.9 Å². The zero-order valence-corrected chi connectivity index (χ0v) is 16.4. The molecule has 2 aromatic heterocycles. The molecule has 2 aromatic rings. The predicted molar refractivity (Wildman–Crippen MR) is 99.5 cm³/mol. The van der Waals surface area contributed by atoms with E-state index in [1.54, 1.807) is 10.7 Å². The fourth-order valence-electron chi connectivity index (χ4n) is 2.70. The van der Waals surface area contributed by atoms with Crippen LogP contribution in [0.25, 0.3) is 10.2 Å². The van der Waals surface area contributed by atoms with Crippen molar-refractivity contribution in [1.82, 2.24) is 20.0 Å². The van der Waals surface area contributed by atoms with Crippen LogP contribution >= 0.6 is 11.3 Å². The average molecular weight is 380 g/mol. The van der Waals surface area contributed by atoms with E-state index in [1.807, 2.05) is 20.9 Å². The number of hydrogen-bond donors (Lipinski definition) is 2. The lowest BCUT2D eigenvalue weighted by molar-refractivity contribution is -0.141. The monoisotopic (exact) mass is 380 g/mol. The zero-order chi connectivity index (χ0) is 19.6. The average Bonchev–Trinajstić information content (AvgIpc) is 3.11. The molecule has 2 amide bonds. The SMILES string of the molecule is CC(=O)NCCN(C(=O)c1cc2c(C(C)C)nn(C)c2s1)C(C)C(=O)O. The normalized spacial score (nSPS) is 12.4. The van der Waals surface area contributed by atoms with Crippen molar-refractivity contribution in [2.45, 2.75) is 39.7 Å². The highest BCUT2D eigenvalue weighted by Crippen LogP contribution is 2.32. The summed E-state index contributed by atoms with van der Waals surface area (Å²) >= 11 is 1.30. The van der Waals surface area contributed by atoms with Crippen molar-refractivity contribution < 1.29 is 19.5 Å². The molecule has 2 rings (SSSR count). The Balaban J connectivity index is 2.34. The van der Waals surface area contributed by atoms with Crippen molar-refractivity contribution in [3.63, 3.8) is 0 Å². The van der Waals surface area contributed by atoms with Gasteiger partial charge in [-0.1, -0.05) is 13.8 Å². The molecular formula is C17H24N4O4S. The molecule has 0 fully saturated rings. The van der Waals surface area contributed by atoms with Crippen molar-refractivity contribution in [3.05, 3.63) is 16.6 Å². The van der Waals surface area contributed by atoms with Gasteiger partial charge in [0.25, 0.3) is 5.91 Å². The van der Waals surface area contributed by atoms with Crippen LogP contribution in [0.3, 0.4) is 0 Å². The van der Waals surface area contributed by atoms with Gasteiger partial charge >= 0.3 is 5.97 Å². The molecule has 0 aromatic carbocycles. The third-order valence-electron chi connectivity index (χ3n) is 4.11. The number of nitrogens with one attached hydrogen (secondary N) is 1. The number of aryl methyl sites for hydroxylation is 1. The van der Waals surface area contributed by atoms with Crippen LogP contribution in [-0.4, -0.2) is 56.7 Å². The molecule has 0 saturated carbocycles. The Morgan fingerprint density at radius 3 is 2.54 bits per heavy atom. The predicted octanol–water partition coefficient (Wildman–Crippen LogP) is 1.81. The van der Waals surface area contributed by atoms with Gasteiger partial charge in [0, 0.05) is 32.4 Å². The highest BCUT2D eigenvalue weighted by Gasteiger charge is 2.28. The van der Waals surface area contributed by atoms with Gasteiger partial charge in [0.05, 0.1) is 10.6 Å². The molecule has 0 bridgehead atoms. The van der Waals surface area contributed by atoms with Crippen molar-refractivity contribution in [1.29, 1.82) is 0 Å². The van der Waals surface area contributed by atoms with Gasteiger partial charge in [0.15, 0.2) is 0 Å². The molecule has 0 saturated heterocycles. The highest BCUT2D eigenvalue weighted by atomic mass is 32.1. The summed E-state index contributed by atoms with van der Waals surface area (Å²) in [6, 6.07) is 0.786. The number of carbonyl (C=O) groups is 3. The standard InChI is InChI=1S/C17H24N4O4S/c1-9(2)14-12-8-13(26-16(12)20(5)19-14)15(23)21(10(3)17(24)25)7-6-18-11(4)22/h8-10H,6-7H2,1-5H3,(H,18,22)(H,24,25). The molecular weight excluding hydrogens is 356 g/mol. The second-order valence-electron chi connectivity index (χ2n) is 6.49. The highest BCUT2D eigenvalue weighted by molar-refractivity contribution is 7.20. The Morgan fingerprint density at radius 2 is 2.00 bits per heavy atom. The Morgan fingerprint density at radius 1 is 1.35 bits per heavy atom. The van der Waals surface area contributed by atoms with Crippen LogP contribution in [-0.2, 0) is 16.6 Å². The fraction of sp³-hybridized carbons (Fsp3) is 0.529. The maximum Gasteiger partial charge on any atom is 0.326 e. The van der Waals surface area contributed by atoms with Gasteiger partial charge in [-0.15, -0.1) is 11.3 Å². The van der Waals surface area contributed by atoms with E-state index in [2.05, 4.69) is 10.4 Å². The third kappa shape index (κ3) is 4.04. The first kappa shape index (κ1) is 19.9. The van der Waals surface area contributed by atoms with E-state index < -0.39 is 12.0 Å². The number of amides is 2. The molecule has 1 atom stereocenters. The number of fused-ring (bicyclic) bond motifs is 1. The zero-order valence-electron chi connectivity index (χ0n) is 15.6. The van der Waals surface area contributed by atoms with Crippen LogP contribution in [0.4, 0.5) is 0 Å². The lowest BCUT2D eigenvalue weighted by atomic mass is 10.1. The number of carboxylic acids is 1. The third-order valence-corrected chi connectivity index (χ3v) is 5.30. The number of carboxylic acid groups (broad SMARTS) is 1. The molecule has 2 N–H and O–H groups in total. The summed E-state index contributed by atoms with van der Waals surface area (Å²) in [5.41, 5.74) is 0.911. The Kier molecular flexibility index (Phi) is 6.01. The number of thiophene rings is 1. The van der Waals surface area contributed by atoms with Gasteiger partial charge in [-0.25, -0.2) is 4.79 Å². The number of carbonyl (C=O) groups excluding carboxylic acids is 2. The number of aliphatic carboxylic acids is 1. The van der Waals surface area contributed by atoms with Crippen molar-refractivity contribution >= 4 is 39.3 Å². The minimum Gasteiger partial charge on any atom is -0.480 e. The van der Waals surface area contributed by atoms with Crippen LogP contribution in [0.15, 0.2) is 6.07 Å². The minimum atomic E-state index is -1.09. The molecule has 26 heavy (non-hydrogen) atoms. The molecule has 0 aliphatic carbocycles. The van der Waals surface area contributed by atoms with Crippen LogP contribution in [0.1, 0.15) is 49.0 Å². The van der Waals surface area contributed by atoms with Gasteiger partial charge in [-0.2, -0.15) is 5.10 Å². The lowest BCUT2D eigenvalue weighted by Crippen LogP contribution is -2.46. The van der Waals surface area contributed by atoms with Crippen molar-refractivity contribution in [2.24, 2.45) is 7.05 Å². The summed E-state index contributed by atoms with van der Waals surface area (Å²) in [6.45, 7) is 7.22. The minimum absolute atomic E-state index is 0.120. The summed E-state index contributed by atoms with van der Waals surface area (Å²) in [5.74, 6) is -1.46. The summed E-state index contributed by atoms with van der Waals surface area (Å²) in [6.07, 6.45) is 0. The van der Waals surface area contributed by atoms with Crippen LogP contribution < -0.4 is 5.32 Å². The Bertz CT molecular complexity index is 839. The quantitative estimate of drug-likeness (QED) is 0.762. The second kappa shape index (κ2) is 7.86. The van der Waals surface area contributed by atoms with E-state index in [4.69, 9.17) is 0 Å². The molecule has 0 aliphatic rings. The van der Waals surface area contributed by atoms with E-state index >= 15 is 0 Å². The molecule has 2 heterocycles. The number of nitrogens with zero attached hydrogens (tertiary/aromatic N) is 3. The Labute approximate surface area is 155 Å². The van der Waals surface area contributed by atoms with Gasteiger partial charge in [-0.05, 0) is 18.9 Å². The first-order chi connectivity index (χ1) is 12.1. The van der Waals surface area contributed by atoms with E-state index in [9.17, 15) is 19.5 Å². The smallest absolute Gasteiger partial charge is 0.326 e. The summed E-state index contributed by atoms with van der Waals surface area (Å²) in [5, 5.41) is 17.3. The molecule has 9 heteroatoms. The van der Waals surface area contributed by atoms with Gasteiger partial charge in [0.2, 0.25) is 5.91 Å². The van der Waals surface area contributed by atoms with E-state index in [-0.39, 0.29) is 30.8 Å². The van der Waals surface area contributed by atoms with E-state index in [0.29, 0.717) is 4.88 Å². The van der Waals surface area contributed by atoms with E-state index in [1.165, 1.54) is 30.1 Å². The summed E-state index contributed by atoms with van der Waals surface area (Å²) in [4.78, 5) is 38.0. The maximum absolute atomic E-state index is 13.0.